The Bertz CT molecular complexity index is 1280. The number of nitrogens with zero attached hydrogens (tertiary/aromatic N) is 1. The Balaban J connectivity index is 1.66. The van der Waals surface area contributed by atoms with E-state index in [0.717, 1.165) is 23.2 Å². The first-order valence-corrected chi connectivity index (χ1v) is 11.1. The van der Waals surface area contributed by atoms with E-state index in [0.29, 0.717) is 39.7 Å². The minimum absolute atomic E-state index is 0.0418. The Labute approximate surface area is 177 Å². The molecule has 7 heteroatoms. The first kappa shape index (κ1) is 19.1. The molecule has 1 fully saturated rings. The van der Waals surface area contributed by atoms with Crippen molar-refractivity contribution in [2.24, 2.45) is 0 Å². The van der Waals surface area contributed by atoms with Crippen LogP contribution in [0.5, 0.6) is 5.75 Å². The summed E-state index contributed by atoms with van der Waals surface area (Å²) in [7, 11) is 0. The van der Waals surface area contributed by atoms with Crippen LogP contribution in [0.3, 0.4) is 0 Å². The molecule has 1 aliphatic rings. The molecular formula is C23H24N3O3S+. The molecule has 2 aromatic carbocycles. The molecule has 2 aromatic heterocycles. The zero-order valence-electron chi connectivity index (χ0n) is 16.8. The van der Waals surface area contributed by atoms with Crippen molar-refractivity contribution >= 4 is 38.4 Å². The van der Waals surface area contributed by atoms with E-state index in [2.05, 4.69) is 11.9 Å². The number of quaternary nitrogens is 1. The van der Waals surface area contributed by atoms with Crippen LogP contribution in [0.4, 0.5) is 5.88 Å². The number of piperidine rings is 1. The van der Waals surface area contributed by atoms with Crippen molar-refractivity contribution in [3.05, 3.63) is 52.2 Å². The highest BCUT2D eigenvalue weighted by molar-refractivity contribution is 7.21. The quantitative estimate of drug-likeness (QED) is 0.471. The number of nitrogens with two attached hydrogens (primary N) is 1. The monoisotopic (exact) mass is 422 g/mol. The van der Waals surface area contributed by atoms with Crippen LogP contribution in [-0.4, -0.2) is 22.7 Å². The zero-order chi connectivity index (χ0) is 20.8. The molecular weight excluding hydrogens is 398 g/mol. The number of anilines is 1. The molecule has 6 nitrogen and oxygen atoms in total. The highest BCUT2D eigenvalue weighted by Gasteiger charge is 2.26. The molecule has 1 unspecified atom stereocenters. The van der Waals surface area contributed by atoms with Gasteiger partial charge >= 0.3 is 0 Å². The molecule has 2 atom stereocenters. The molecule has 4 N–H and O–H groups in total. The molecule has 3 heterocycles. The fourth-order valence-corrected chi connectivity index (χ4v) is 5.43. The van der Waals surface area contributed by atoms with Crippen molar-refractivity contribution in [3.8, 4) is 16.3 Å². The summed E-state index contributed by atoms with van der Waals surface area (Å²) in [5.41, 5.74) is 8.17. The predicted molar refractivity (Wildman–Crippen MR) is 120 cm³/mol. The Morgan fingerprint density at radius 1 is 1.27 bits per heavy atom. The number of nitrogens with one attached hydrogen (secondary N) is 1. The summed E-state index contributed by atoms with van der Waals surface area (Å²) < 4.78 is 6.97. The number of hydrogen-bond acceptors (Lipinski definition) is 6. The van der Waals surface area contributed by atoms with Crippen LogP contribution in [0.2, 0.25) is 0 Å². The second-order valence-electron chi connectivity index (χ2n) is 8.08. The van der Waals surface area contributed by atoms with Gasteiger partial charge in [0.2, 0.25) is 11.3 Å². The lowest BCUT2D eigenvalue weighted by molar-refractivity contribution is -0.941. The van der Waals surface area contributed by atoms with Crippen molar-refractivity contribution in [3.63, 3.8) is 0 Å². The number of phenols is 1. The molecule has 30 heavy (non-hydrogen) atoms. The van der Waals surface area contributed by atoms with Gasteiger partial charge in [-0.3, -0.25) is 4.79 Å². The average Bonchev–Trinajstić information content (AvgIpc) is 3.15. The average molecular weight is 423 g/mol. The number of hydrogen-bond donors (Lipinski definition) is 3. The van der Waals surface area contributed by atoms with Crippen LogP contribution >= 0.6 is 11.3 Å². The molecule has 0 radical (unpaired) electrons. The van der Waals surface area contributed by atoms with Crippen LogP contribution in [0.25, 0.3) is 31.8 Å². The molecule has 4 aromatic rings. The number of phenolic OH excluding ortho intramolecular Hbond substituents is 1. The topological polar surface area (TPSA) is 93.8 Å². The zero-order valence-corrected chi connectivity index (χ0v) is 17.6. The maximum atomic E-state index is 13.4. The number of aromatic hydroxyl groups is 1. The molecule has 0 bridgehead atoms. The minimum Gasteiger partial charge on any atom is -0.507 e. The van der Waals surface area contributed by atoms with Gasteiger partial charge in [-0.1, -0.05) is 12.1 Å². The molecule has 154 valence electrons. The van der Waals surface area contributed by atoms with Crippen LogP contribution in [0.1, 0.15) is 31.7 Å². The van der Waals surface area contributed by atoms with Crippen molar-refractivity contribution in [1.29, 1.82) is 0 Å². The van der Waals surface area contributed by atoms with Crippen molar-refractivity contribution in [2.45, 2.75) is 38.8 Å². The molecule has 0 spiro atoms. The maximum Gasteiger partial charge on any atom is 0.205 e. The number of thiazole rings is 1. The van der Waals surface area contributed by atoms with E-state index in [-0.39, 0.29) is 17.1 Å². The first-order chi connectivity index (χ1) is 14.5. The third kappa shape index (κ3) is 3.14. The normalized spacial score (nSPS) is 19.5. The van der Waals surface area contributed by atoms with Gasteiger partial charge in [0.15, 0.2) is 5.58 Å². The van der Waals surface area contributed by atoms with E-state index in [1.807, 2.05) is 24.3 Å². The van der Waals surface area contributed by atoms with E-state index >= 15 is 0 Å². The maximum absolute atomic E-state index is 13.4. The smallest absolute Gasteiger partial charge is 0.205 e. The van der Waals surface area contributed by atoms with Gasteiger partial charge < -0.3 is 20.2 Å². The van der Waals surface area contributed by atoms with Gasteiger partial charge in [0, 0.05) is 0 Å². The third-order valence-corrected chi connectivity index (χ3v) is 7.21. The predicted octanol–water partition coefficient (Wildman–Crippen LogP) is 3.31. The van der Waals surface area contributed by atoms with Crippen LogP contribution < -0.4 is 16.1 Å². The van der Waals surface area contributed by atoms with Gasteiger partial charge in [0.25, 0.3) is 0 Å². The summed E-state index contributed by atoms with van der Waals surface area (Å²) in [6.45, 7) is 3.88. The second-order valence-corrected chi connectivity index (χ2v) is 9.11. The van der Waals surface area contributed by atoms with E-state index in [9.17, 15) is 9.90 Å². The summed E-state index contributed by atoms with van der Waals surface area (Å²) >= 11 is 1.42. The lowest BCUT2D eigenvalue weighted by Gasteiger charge is -2.30. The summed E-state index contributed by atoms with van der Waals surface area (Å²) in [5.74, 6) is 0.183. The molecule has 1 saturated heterocycles. The van der Waals surface area contributed by atoms with E-state index in [1.54, 1.807) is 12.1 Å². The standard InChI is InChI=1S/C23H23N3O3S/c1-13-6-4-5-11-26(13)12-15-17(27)10-9-14-20(28)19(22(24)29-21(14)15)23-25-16-7-2-3-8-18(16)30-23/h2-3,7-10,13,27H,4-6,11-12,24H2,1H3/p+1/t13-/m0/s1. The van der Waals surface area contributed by atoms with Crippen LogP contribution in [-0.2, 0) is 6.54 Å². The van der Waals surface area contributed by atoms with Gasteiger partial charge in [-0.15, -0.1) is 11.3 Å². The summed E-state index contributed by atoms with van der Waals surface area (Å²) in [6, 6.07) is 11.4. The Kier molecular flexibility index (Phi) is 4.72. The summed E-state index contributed by atoms with van der Waals surface area (Å²) in [4.78, 5) is 19.4. The van der Waals surface area contributed by atoms with E-state index < -0.39 is 0 Å². The number of rotatable bonds is 3. The SMILES string of the molecule is C[C@H]1CCCC[NH+]1Cc1c(O)ccc2c(=O)c(-c3nc4ccccc4s3)c(N)oc12. The number of likely N-dealkylation sites (tertiary alicyclic amines) is 1. The highest BCUT2D eigenvalue weighted by atomic mass is 32.1. The van der Waals surface area contributed by atoms with E-state index in [4.69, 9.17) is 10.2 Å². The Morgan fingerprint density at radius 3 is 2.90 bits per heavy atom. The van der Waals surface area contributed by atoms with E-state index in [1.165, 1.54) is 29.1 Å². The van der Waals surface area contributed by atoms with Gasteiger partial charge in [0.05, 0.1) is 33.8 Å². The van der Waals surface area contributed by atoms with Gasteiger partial charge in [-0.25, -0.2) is 4.98 Å². The van der Waals surface area contributed by atoms with Crippen molar-refractivity contribution < 1.29 is 14.4 Å². The molecule has 0 aliphatic carbocycles. The van der Waals surface area contributed by atoms with Crippen LogP contribution in [0.15, 0.2) is 45.6 Å². The van der Waals surface area contributed by atoms with Crippen LogP contribution in [0, 0.1) is 0 Å². The fraction of sp³-hybridized carbons (Fsp3) is 0.304. The third-order valence-electron chi connectivity index (χ3n) is 6.16. The molecule has 1 aliphatic heterocycles. The van der Waals surface area contributed by atoms with Gasteiger partial charge in [-0.2, -0.15) is 0 Å². The van der Waals surface area contributed by atoms with Gasteiger partial charge in [-0.05, 0) is 50.5 Å². The lowest BCUT2D eigenvalue weighted by atomic mass is 10.0. The molecule has 5 rings (SSSR count). The number of fused-ring (bicyclic) bond motifs is 2. The summed E-state index contributed by atoms with van der Waals surface area (Å²) in [5, 5.41) is 11.5. The molecule has 0 saturated carbocycles. The Morgan fingerprint density at radius 2 is 2.10 bits per heavy atom. The minimum atomic E-state index is -0.212. The number of nitrogen functional groups attached to an aromatic ring is 1. The van der Waals surface area contributed by atoms with Gasteiger partial charge in [0.1, 0.15) is 22.9 Å². The number of benzene rings is 2. The second kappa shape index (κ2) is 7.41. The molecule has 0 amide bonds. The first-order valence-electron chi connectivity index (χ1n) is 10.3. The Hall–Kier alpha value is -2.90. The van der Waals surface area contributed by atoms with Crippen molar-refractivity contribution in [1.82, 2.24) is 4.98 Å². The van der Waals surface area contributed by atoms with Crippen molar-refractivity contribution in [2.75, 3.05) is 12.3 Å². The largest absolute Gasteiger partial charge is 0.507 e. The number of aromatic nitrogens is 1. The highest BCUT2D eigenvalue weighted by Crippen LogP contribution is 2.35. The summed E-state index contributed by atoms with van der Waals surface area (Å²) in [6.07, 6.45) is 3.56. The lowest BCUT2D eigenvalue weighted by Crippen LogP contribution is -3.14. The number of para-hydroxylation sites is 1. The fourth-order valence-electron chi connectivity index (χ4n) is 4.42.